The maximum absolute atomic E-state index is 11.7. The number of ether oxygens (including phenoxy) is 1. The molecule has 1 fully saturated rings. The fourth-order valence-electron chi connectivity index (χ4n) is 2.49. The van der Waals surface area contributed by atoms with Crippen molar-refractivity contribution in [1.82, 2.24) is 15.3 Å². The van der Waals surface area contributed by atoms with Gasteiger partial charge in [-0.2, -0.15) is 0 Å². The van der Waals surface area contributed by atoms with Gasteiger partial charge >= 0.3 is 5.97 Å². The molecule has 1 aromatic heterocycles. The van der Waals surface area contributed by atoms with E-state index < -0.39 is 0 Å². The summed E-state index contributed by atoms with van der Waals surface area (Å²) in [5.74, 6) is 0.961. The number of imidazole rings is 1. The quantitative estimate of drug-likeness (QED) is 0.780. The molecule has 0 amide bonds. The summed E-state index contributed by atoms with van der Waals surface area (Å²) in [5.41, 5.74) is 0. The molecule has 0 radical (unpaired) electrons. The van der Waals surface area contributed by atoms with Crippen molar-refractivity contribution in [3.05, 3.63) is 18.2 Å². The first-order chi connectivity index (χ1) is 8.79. The smallest absolute Gasteiger partial charge is 0.308 e. The molecule has 0 bridgehead atoms. The van der Waals surface area contributed by atoms with Gasteiger partial charge in [0.2, 0.25) is 0 Å². The van der Waals surface area contributed by atoms with E-state index in [9.17, 15) is 4.79 Å². The molecule has 5 nitrogen and oxygen atoms in total. The van der Waals surface area contributed by atoms with Gasteiger partial charge < -0.3 is 15.0 Å². The molecule has 0 saturated heterocycles. The van der Waals surface area contributed by atoms with Crippen LogP contribution in [0.1, 0.15) is 38.4 Å². The second-order valence-electron chi connectivity index (χ2n) is 4.73. The Morgan fingerprint density at radius 1 is 1.61 bits per heavy atom. The van der Waals surface area contributed by atoms with Crippen LogP contribution in [-0.4, -0.2) is 28.6 Å². The zero-order valence-electron chi connectivity index (χ0n) is 10.8. The van der Waals surface area contributed by atoms with Crippen LogP contribution in [0.4, 0.5) is 0 Å². The van der Waals surface area contributed by atoms with Crippen molar-refractivity contribution < 1.29 is 9.53 Å². The van der Waals surface area contributed by atoms with Crippen molar-refractivity contribution in [3.8, 4) is 0 Å². The Labute approximate surface area is 107 Å². The lowest BCUT2D eigenvalue weighted by molar-refractivity contribution is -0.149. The standard InChI is InChI=1S/C13H21N3O2/c1-2-18-13(17)10-4-3-5-11(8-10)16-9-12-14-6-7-15-12/h6-7,10-11,16H,2-5,8-9H2,1H3,(H,14,15). The molecule has 1 aliphatic carbocycles. The number of rotatable bonds is 5. The highest BCUT2D eigenvalue weighted by molar-refractivity contribution is 5.72. The summed E-state index contributed by atoms with van der Waals surface area (Å²) in [4.78, 5) is 18.9. The minimum Gasteiger partial charge on any atom is -0.466 e. The van der Waals surface area contributed by atoms with Crippen LogP contribution in [0.5, 0.6) is 0 Å². The number of carbonyl (C=O) groups is 1. The molecule has 18 heavy (non-hydrogen) atoms. The summed E-state index contributed by atoms with van der Waals surface area (Å²) in [6, 6.07) is 0.387. The topological polar surface area (TPSA) is 67.0 Å². The van der Waals surface area contributed by atoms with Crippen LogP contribution in [-0.2, 0) is 16.1 Å². The molecule has 1 aromatic rings. The molecule has 2 N–H and O–H groups in total. The lowest BCUT2D eigenvalue weighted by Crippen LogP contribution is -2.36. The molecule has 0 spiro atoms. The van der Waals surface area contributed by atoms with Gasteiger partial charge in [0.1, 0.15) is 5.82 Å². The van der Waals surface area contributed by atoms with E-state index in [4.69, 9.17) is 4.74 Å². The molecule has 1 saturated carbocycles. The molecule has 1 aliphatic rings. The van der Waals surface area contributed by atoms with Gasteiger partial charge in [-0.05, 0) is 26.2 Å². The van der Waals surface area contributed by atoms with E-state index in [1.54, 1.807) is 6.20 Å². The van der Waals surface area contributed by atoms with Crippen molar-refractivity contribution in [2.24, 2.45) is 5.92 Å². The Kier molecular flexibility index (Phi) is 4.75. The van der Waals surface area contributed by atoms with E-state index in [0.717, 1.165) is 38.1 Å². The van der Waals surface area contributed by atoms with Gasteiger partial charge in [-0.3, -0.25) is 4.79 Å². The number of hydrogen-bond acceptors (Lipinski definition) is 4. The first-order valence-corrected chi connectivity index (χ1v) is 6.68. The lowest BCUT2D eigenvalue weighted by atomic mass is 9.86. The Balaban J connectivity index is 1.77. The number of esters is 1. The van der Waals surface area contributed by atoms with E-state index in [1.165, 1.54) is 0 Å². The second-order valence-corrected chi connectivity index (χ2v) is 4.73. The third kappa shape index (κ3) is 3.57. The first kappa shape index (κ1) is 13.1. The van der Waals surface area contributed by atoms with Crippen LogP contribution in [0.3, 0.4) is 0 Å². The van der Waals surface area contributed by atoms with Gasteiger partial charge in [0.05, 0.1) is 19.1 Å². The lowest BCUT2D eigenvalue weighted by Gasteiger charge is -2.28. The fraction of sp³-hybridized carbons (Fsp3) is 0.692. The third-order valence-corrected chi connectivity index (χ3v) is 3.41. The number of aromatic amines is 1. The average Bonchev–Trinajstić information content (AvgIpc) is 2.90. The third-order valence-electron chi connectivity index (χ3n) is 3.41. The van der Waals surface area contributed by atoms with E-state index in [0.29, 0.717) is 12.6 Å². The minimum atomic E-state index is -0.0398. The van der Waals surface area contributed by atoms with Gasteiger partial charge in [-0.15, -0.1) is 0 Å². The SMILES string of the molecule is CCOC(=O)C1CCCC(NCc2ncc[nH]2)C1. The number of aromatic nitrogens is 2. The van der Waals surface area contributed by atoms with Crippen molar-refractivity contribution >= 4 is 5.97 Å². The average molecular weight is 251 g/mol. The van der Waals surface area contributed by atoms with Gasteiger partial charge in [0, 0.05) is 18.4 Å². The van der Waals surface area contributed by atoms with Gasteiger partial charge in [-0.1, -0.05) is 6.42 Å². The van der Waals surface area contributed by atoms with Crippen molar-refractivity contribution in [2.45, 2.75) is 45.2 Å². The van der Waals surface area contributed by atoms with Crippen LogP contribution in [0.2, 0.25) is 0 Å². The minimum absolute atomic E-state index is 0.0398. The summed E-state index contributed by atoms with van der Waals surface area (Å²) < 4.78 is 5.09. The van der Waals surface area contributed by atoms with Gasteiger partial charge in [-0.25, -0.2) is 4.98 Å². The number of hydrogen-bond donors (Lipinski definition) is 2. The monoisotopic (exact) mass is 251 g/mol. The summed E-state index contributed by atoms with van der Waals surface area (Å²) in [6.07, 6.45) is 7.60. The summed E-state index contributed by atoms with van der Waals surface area (Å²) in [5, 5.41) is 3.45. The van der Waals surface area contributed by atoms with Crippen molar-refractivity contribution in [2.75, 3.05) is 6.61 Å². The highest BCUT2D eigenvalue weighted by atomic mass is 16.5. The molecule has 2 rings (SSSR count). The van der Waals surface area contributed by atoms with E-state index in [2.05, 4.69) is 15.3 Å². The number of carbonyl (C=O) groups excluding carboxylic acids is 1. The largest absolute Gasteiger partial charge is 0.466 e. The summed E-state index contributed by atoms with van der Waals surface area (Å²) in [7, 11) is 0. The zero-order valence-corrected chi connectivity index (χ0v) is 10.8. The Bertz CT molecular complexity index is 364. The maximum atomic E-state index is 11.7. The van der Waals surface area contributed by atoms with Crippen LogP contribution in [0.25, 0.3) is 0 Å². The van der Waals surface area contributed by atoms with Crippen molar-refractivity contribution in [3.63, 3.8) is 0 Å². The van der Waals surface area contributed by atoms with Crippen LogP contribution in [0.15, 0.2) is 12.4 Å². The second kappa shape index (κ2) is 6.54. The molecule has 100 valence electrons. The van der Waals surface area contributed by atoms with Gasteiger partial charge in [0.25, 0.3) is 0 Å². The molecule has 1 heterocycles. The summed E-state index contributed by atoms with van der Waals surface area (Å²) >= 11 is 0. The van der Waals surface area contributed by atoms with Crippen molar-refractivity contribution in [1.29, 1.82) is 0 Å². The number of H-pyrrole nitrogens is 1. The maximum Gasteiger partial charge on any atom is 0.308 e. The highest BCUT2D eigenvalue weighted by Gasteiger charge is 2.27. The Hall–Kier alpha value is -1.36. The molecule has 2 unspecified atom stereocenters. The molecule has 0 aliphatic heterocycles. The predicted octanol–water partition coefficient (Wildman–Crippen LogP) is 1.62. The summed E-state index contributed by atoms with van der Waals surface area (Å²) in [6.45, 7) is 3.06. The Morgan fingerprint density at radius 2 is 2.50 bits per heavy atom. The fourth-order valence-corrected chi connectivity index (χ4v) is 2.49. The normalized spacial score (nSPS) is 23.8. The molecule has 0 aromatic carbocycles. The van der Waals surface area contributed by atoms with E-state index in [1.807, 2.05) is 13.1 Å². The zero-order chi connectivity index (χ0) is 12.8. The van der Waals surface area contributed by atoms with Crippen LogP contribution in [0, 0.1) is 5.92 Å². The Morgan fingerprint density at radius 3 is 3.22 bits per heavy atom. The number of nitrogens with zero attached hydrogens (tertiary/aromatic N) is 1. The molecule has 2 atom stereocenters. The van der Waals surface area contributed by atoms with E-state index >= 15 is 0 Å². The predicted molar refractivity (Wildman–Crippen MR) is 67.8 cm³/mol. The number of nitrogens with one attached hydrogen (secondary N) is 2. The van der Waals surface area contributed by atoms with E-state index in [-0.39, 0.29) is 11.9 Å². The van der Waals surface area contributed by atoms with Crippen LogP contribution >= 0.6 is 0 Å². The molecular formula is C13H21N3O2. The molecular weight excluding hydrogens is 230 g/mol. The van der Waals surface area contributed by atoms with Crippen LogP contribution < -0.4 is 5.32 Å². The van der Waals surface area contributed by atoms with Gasteiger partial charge in [0.15, 0.2) is 0 Å². The first-order valence-electron chi connectivity index (χ1n) is 6.68. The molecule has 5 heteroatoms. The highest BCUT2D eigenvalue weighted by Crippen LogP contribution is 2.25.